The fourth-order valence-corrected chi connectivity index (χ4v) is 1.47. The maximum Gasteiger partial charge on any atom is 0.337 e. The molecule has 0 aromatic carbocycles. The van der Waals surface area contributed by atoms with Crippen LogP contribution in [-0.4, -0.2) is 34.0 Å². The molecule has 0 aliphatic rings. The molecule has 0 fully saturated rings. The van der Waals surface area contributed by atoms with E-state index in [1.165, 1.54) is 17.0 Å². The lowest BCUT2D eigenvalue weighted by Gasteiger charge is -2.15. The number of carbonyl (C=O) groups is 2. The number of anilines is 1. The lowest BCUT2D eigenvalue weighted by atomic mass is 10.2. The molecule has 0 unspecified atom stereocenters. The Kier molecular flexibility index (Phi) is 3.51. The minimum Gasteiger partial charge on any atom is -0.478 e. The molecule has 2 rings (SSSR count). The number of carboxylic acid groups (broad SMARTS) is 1. The van der Waals surface area contributed by atoms with Gasteiger partial charge in [0.2, 0.25) is 0 Å². The van der Waals surface area contributed by atoms with E-state index in [2.05, 4.69) is 9.97 Å². The third-order valence-electron chi connectivity index (χ3n) is 2.53. The van der Waals surface area contributed by atoms with Crippen LogP contribution in [0.5, 0.6) is 0 Å². The number of amides is 1. The smallest absolute Gasteiger partial charge is 0.337 e. The summed E-state index contributed by atoms with van der Waals surface area (Å²) in [5.74, 6) is -0.933. The second-order valence-corrected chi connectivity index (χ2v) is 3.79. The van der Waals surface area contributed by atoms with Gasteiger partial charge in [0.1, 0.15) is 11.5 Å². The average Bonchev–Trinajstić information content (AvgIpc) is 2.46. The predicted octanol–water partition coefficient (Wildman–Crippen LogP) is 1.45. The van der Waals surface area contributed by atoms with Crippen LogP contribution in [0.15, 0.2) is 42.7 Å². The summed E-state index contributed by atoms with van der Waals surface area (Å²) in [4.78, 5) is 32.0. The topological polar surface area (TPSA) is 83.4 Å². The van der Waals surface area contributed by atoms with E-state index in [4.69, 9.17) is 5.11 Å². The average molecular weight is 257 g/mol. The van der Waals surface area contributed by atoms with Crippen molar-refractivity contribution in [3.8, 4) is 0 Å². The second kappa shape index (κ2) is 5.26. The molecule has 1 amide bonds. The normalized spacial score (nSPS) is 9.95. The van der Waals surface area contributed by atoms with Crippen molar-refractivity contribution in [2.24, 2.45) is 0 Å². The number of aromatic nitrogens is 2. The van der Waals surface area contributed by atoms with Crippen molar-refractivity contribution in [2.45, 2.75) is 0 Å². The number of aromatic carboxylic acids is 1. The van der Waals surface area contributed by atoms with Gasteiger partial charge in [0, 0.05) is 19.4 Å². The molecule has 0 saturated heterocycles. The molecule has 0 saturated carbocycles. The van der Waals surface area contributed by atoms with Crippen LogP contribution < -0.4 is 4.90 Å². The minimum atomic E-state index is -1.08. The Labute approximate surface area is 109 Å². The van der Waals surface area contributed by atoms with E-state index in [-0.39, 0.29) is 17.2 Å². The van der Waals surface area contributed by atoms with Crippen molar-refractivity contribution < 1.29 is 14.7 Å². The fourth-order valence-electron chi connectivity index (χ4n) is 1.47. The molecule has 19 heavy (non-hydrogen) atoms. The van der Waals surface area contributed by atoms with Crippen LogP contribution in [0.1, 0.15) is 20.8 Å². The van der Waals surface area contributed by atoms with Gasteiger partial charge in [0.25, 0.3) is 5.91 Å². The van der Waals surface area contributed by atoms with Crippen LogP contribution in [0, 0.1) is 0 Å². The highest BCUT2D eigenvalue weighted by molar-refractivity contribution is 6.04. The van der Waals surface area contributed by atoms with E-state index in [9.17, 15) is 9.59 Å². The van der Waals surface area contributed by atoms with E-state index >= 15 is 0 Å². The van der Waals surface area contributed by atoms with Crippen LogP contribution in [0.4, 0.5) is 5.82 Å². The zero-order valence-corrected chi connectivity index (χ0v) is 10.1. The lowest BCUT2D eigenvalue weighted by Crippen LogP contribution is -2.27. The summed E-state index contributed by atoms with van der Waals surface area (Å²) in [5.41, 5.74) is 0.204. The van der Waals surface area contributed by atoms with Crippen molar-refractivity contribution in [2.75, 3.05) is 11.9 Å². The third kappa shape index (κ3) is 2.74. The number of nitrogens with zero attached hydrogens (tertiary/aromatic N) is 3. The lowest BCUT2D eigenvalue weighted by molar-refractivity contribution is 0.0695. The zero-order valence-electron chi connectivity index (χ0n) is 10.1. The summed E-state index contributed by atoms with van der Waals surface area (Å²) in [5, 5.41) is 8.76. The molecule has 6 nitrogen and oxygen atoms in total. The summed E-state index contributed by atoms with van der Waals surface area (Å²) >= 11 is 0. The molecule has 6 heteroatoms. The molecule has 0 atom stereocenters. The number of rotatable bonds is 3. The van der Waals surface area contributed by atoms with Gasteiger partial charge in [0.15, 0.2) is 0 Å². The van der Waals surface area contributed by atoms with Crippen LogP contribution >= 0.6 is 0 Å². The molecule has 1 N–H and O–H groups in total. The number of hydrogen-bond acceptors (Lipinski definition) is 4. The molecule has 96 valence electrons. The Bertz CT molecular complexity index is 596. The van der Waals surface area contributed by atoms with Gasteiger partial charge in [0.05, 0.1) is 5.56 Å². The SMILES string of the molecule is CN(C(=O)c1ccc(C(=O)O)cn1)c1ccccn1. The van der Waals surface area contributed by atoms with Crippen LogP contribution in [0.2, 0.25) is 0 Å². The summed E-state index contributed by atoms with van der Waals surface area (Å²) in [6.07, 6.45) is 2.74. The van der Waals surface area contributed by atoms with Crippen molar-refractivity contribution in [3.63, 3.8) is 0 Å². The quantitative estimate of drug-likeness (QED) is 0.899. The fraction of sp³-hybridized carbons (Fsp3) is 0.0769. The molecule has 0 aliphatic carbocycles. The summed E-state index contributed by atoms with van der Waals surface area (Å²) in [6, 6.07) is 7.94. The van der Waals surface area contributed by atoms with Gasteiger partial charge in [-0.15, -0.1) is 0 Å². The molecule has 2 heterocycles. The van der Waals surface area contributed by atoms with Gasteiger partial charge in [-0.25, -0.2) is 9.78 Å². The van der Waals surface area contributed by atoms with Gasteiger partial charge in [-0.05, 0) is 24.3 Å². The Morgan fingerprint density at radius 2 is 1.95 bits per heavy atom. The summed E-state index contributed by atoms with van der Waals surface area (Å²) in [7, 11) is 1.58. The number of carboxylic acids is 1. The molecule has 0 spiro atoms. The first-order chi connectivity index (χ1) is 9.09. The van der Waals surface area contributed by atoms with Crippen molar-refractivity contribution in [1.82, 2.24) is 9.97 Å². The molecular formula is C13H11N3O3. The molecule has 0 aliphatic heterocycles. The Hall–Kier alpha value is -2.76. The van der Waals surface area contributed by atoms with E-state index in [0.717, 1.165) is 6.20 Å². The van der Waals surface area contributed by atoms with E-state index < -0.39 is 5.97 Å². The monoisotopic (exact) mass is 257 g/mol. The van der Waals surface area contributed by atoms with E-state index in [1.54, 1.807) is 31.4 Å². The van der Waals surface area contributed by atoms with Crippen molar-refractivity contribution in [1.29, 1.82) is 0 Å². The van der Waals surface area contributed by atoms with Crippen molar-refractivity contribution >= 4 is 17.7 Å². The standard InChI is InChI=1S/C13H11N3O3/c1-16(11-4-2-3-7-14-11)12(17)10-6-5-9(8-15-10)13(18)19/h2-8H,1H3,(H,18,19). The zero-order chi connectivity index (χ0) is 13.8. The Morgan fingerprint density at radius 1 is 1.16 bits per heavy atom. The maximum absolute atomic E-state index is 12.1. The predicted molar refractivity (Wildman–Crippen MR) is 68.2 cm³/mol. The first-order valence-corrected chi connectivity index (χ1v) is 5.48. The van der Waals surface area contributed by atoms with Crippen LogP contribution in [0.25, 0.3) is 0 Å². The van der Waals surface area contributed by atoms with Gasteiger partial charge >= 0.3 is 5.97 Å². The number of carbonyl (C=O) groups excluding carboxylic acids is 1. The Morgan fingerprint density at radius 3 is 2.47 bits per heavy atom. The van der Waals surface area contributed by atoms with Gasteiger partial charge < -0.3 is 5.11 Å². The molecule has 2 aromatic heterocycles. The maximum atomic E-state index is 12.1. The van der Waals surface area contributed by atoms with Gasteiger partial charge in [-0.1, -0.05) is 6.07 Å². The second-order valence-electron chi connectivity index (χ2n) is 3.79. The number of hydrogen-bond donors (Lipinski definition) is 1. The summed E-state index contributed by atoms with van der Waals surface area (Å²) in [6.45, 7) is 0. The molecule has 2 aromatic rings. The summed E-state index contributed by atoms with van der Waals surface area (Å²) < 4.78 is 0. The molecule has 0 radical (unpaired) electrons. The highest BCUT2D eigenvalue weighted by Crippen LogP contribution is 2.11. The van der Waals surface area contributed by atoms with E-state index in [1.807, 2.05) is 0 Å². The Balaban J connectivity index is 2.22. The highest BCUT2D eigenvalue weighted by atomic mass is 16.4. The third-order valence-corrected chi connectivity index (χ3v) is 2.53. The number of pyridine rings is 2. The van der Waals surface area contributed by atoms with Gasteiger partial charge in [-0.2, -0.15) is 0 Å². The first kappa shape index (κ1) is 12.7. The van der Waals surface area contributed by atoms with Crippen LogP contribution in [0.3, 0.4) is 0 Å². The van der Waals surface area contributed by atoms with Crippen LogP contribution in [-0.2, 0) is 0 Å². The highest BCUT2D eigenvalue weighted by Gasteiger charge is 2.16. The molecule has 0 bridgehead atoms. The van der Waals surface area contributed by atoms with E-state index in [0.29, 0.717) is 5.82 Å². The molecular weight excluding hydrogens is 246 g/mol. The minimum absolute atomic E-state index is 0.0389. The van der Waals surface area contributed by atoms with Gasteiger partial charge in [-0.3, -0.25) is 14.7 Å². The van der Waals surface area contributed by atoms with Crippen molar-refractivity contribution in [3.05, 3.63) is 54.0 Å². The first-order valence-electron chi connectivity index (χ1n) is 5.48. The largest absolute Gasteiger partial charge is 0.478 e.